The average molecular weight is 135 g/mol. The predicted octanol–water partition coefficient (Wildman–Crippen LogP) is -0.436. The van der Waals surface area contributed by atoms with Crippen LogP contribution in [0.25, 0.3) is 12.1 Å². The third-order valence-electron chi connectivity index (χ3n) is 1.37. The first-order valence-electron chi connectivity index (χ1n) is 2.79. The van der Waals surface area contributed by atoms with Gasteiger partial charge in [0.25, 0.3) is 0 Å². The number of fused-ring (bicyclic) bond motifs is 1. The number of rotatable bonds is 0. The van der Waals surface area contributed by atoms with E-state index < -0.39 is 0 Å². The molecule has 0 aliphatic carbocycles. The zero-order valence-corrected chi connectivity index (χ0v) is 5.15. The van der Waals surface area contributed by atoms with E-state index in [2.05, 4.69) is 16.7 Å². The summed E-state index contributed by atoms with van der Waals surface area (Å²) in [6.45, 7) is 3.66. The average Bonchev–Trinajstić information content (AvgIpc) is 2.40. The second-order valence-corrected chi connectivity index (χ2v) is 2.03. The van der Waals surface area contributed by atoms with Gasteiger partial charge in [-0.1, -0.05) is 6.58 Å². The highest BCUT2D eigenvalue weighted by Gasteiger charge is 2.03. The molecule has 2 aromatic rings. The molecule has 10 heavy (non-hydrogen) atoms. The summed E-state index contributed by atoms with van der Waals surface area (Å²) in [5, 5.41) is 13.6. The van der Waals surface area contributed by atoms with Crippen molar-refractivity contribution < 1.29 is 5.11 Å². The van der Waals surface area contributed by atoms with Crippen LogP contribution in [-0.2, 0) is 0 Å². The van der Waals surface area contributed by atoms with Crippen LogP contribution < -0.4 is 5.22 Å². The smallest absolute Gasteiger partial charge is 0.239 e. The van der Waals surface area contributed by atoms with Crippen molar-refractivity contribution in [1.82, 2.24) is 14.6 Å². The van der Waals surface area contributed by atoms with Gasteiger partial charge in [-0.2, -0.15) is 10.1 Å². The highest BCUT2D eigenvalue weighted by Crippen LogP contribution is 2.08. The third kappa shape index (κ3) is 0.452. The van der Waals surface area contributed by atoms with Crippen molar-refractivity contribution >= 4 is 12.1 Å². The molecule has 0 saturated heterocycles. The van der Waals surface area contributed by atoms with Crippen LogP contribution in [0.2, 0.25) is 0 Å². The lowest BCUT2D eigenvalue weighted by molar-refractivity contribution is 0.462. The fourth-order valence-electron chi connectivity index (χ4n) is 0.902. The zero-order chi connectivity index (χ0) is 7.14. The normalized spacial score (nSPS) is 10.8. The molecule has 0 bridgehead atoms. The predicted molar refractivity (Wildman–Crippen MR) is 35.4 cm³/mol. The molecule has 2 heterocycles. The van der Waals surface area contributed by atoms with Gasteiger partial charge in [0.15, 0.2) is 0 Å². The van der Waals surface area contributed by atoms with Crippen LogP contribution in [0.1, 0.15) is 0 Å². The van der Waals surface area contributed by atoms with Gasteiger partial charge < -0.3 is 5.11 Å². The van der Waals surface area contributed by atoms with Gasteiger partial charge >= 0.3 is 0 Å². The SMILES string of the molecule is C=c1cnn2cnc(O)c12. The number of aromatic hydroxyl groups is 1. The first kappa shape index (κ1) is 5.22. The van der Waals surface area contributed by atoms with Crippen LogP contribution in [0.5, 0.6) is 5.88 Å². The Labute approximate surface area is 56.4 Å². The Bertz CT molecular complexity index is 406. The summed E-state index contributed by atoms with van der Waals surface area (Å²) in [6.07, 6.45) is 3.02. The molecule has 0 radical (unpaired) electrons. The van der Waals surface area contributed by atoms with Gasteiger partial charge in [-0.3, -0.25) is 0 Å². The van der Waals surface area contributed by atoms with E-state index in [0.717, 1.165) is 0 Å². The van der Waals surface area contributed by atoms with E-state index in [-0.39, 0.29) is 5.88 Å². The Morgan fingerprint density at radius 3 is 3.10 bits per heavy atom. The Morgan fingerprint density at radius 2 is 2.40 bits per heavy atom. The van der Waals surface area contributed by atoms with Crippen LogP contribution in [0.3, 0.4) is 0 Å². The van der Waals surface area contributed by atoms with Gasteiger partial charge in [-0.15, -0.1) is 0 Å². The molecule has 0 atom stereocenters. The maximum atomic E-state index is 9.07. The fourth-order valence-corrected chi connectivity index (χ4v) is 0.902. The second-order valence-electron chi connectivity index (χ2n) is 2.03. The molecule has 0 aliphatic heterocycles. The van der Waals surface area contributed by atoms with Gasteiger partial charge in [0.2, 0.25) is 5.88 Å². The van der Waals surface area contributed by atoms with E-state index >= 15 is 0 Å². The van der Waals surface area contributed by atoms with Gasteiger partial charge in [-0.05, 0) is 0 Å². The fraction of sp³-hybridized carbons (Fsp3) is 0. The molecule has 0 saturated carbocycles. The summed E-state index contributed by atoms with van der Waals surface area (Å²) in [6, 6.07) is 0. The molecular weight excluding hydrogens is 130 g/mol. The van der Waals surface area contributed by atoms with Gasteiger partial charge in [0.1, 0.15) is 11.8 Å². The highest BCUT2D eigenvalue weighted by atomic mass is 16.3. The quantitative estimate of drug-likeness (QED) is 0.533. The molecular formula is C6H5N3O. The summed E-state index contributed by atoms with van der Waals surface area (Å²) in [7, 11) is 0. The third-order valence-corrected chi connectivity index (χ3v) is 1.37. The number of imidazole rings is 1. The Morgan fingerprint density at radius 1 is 1.60 bits per heavy atom. The molecule has 4 heteroatoms. The van der Waals surface area contributed by atoms with Gasteiger partial charge in [-0.25, -0.2) is 4.52 Å². The lowest BCUT2D eigenvalue weighted by atomic mass is 10.4. The standard InChI is InChI=1S/C6H5N3O/c1-4-2-8-9-3-7-6(10)5(4)9/h2-3,10H,1H2. The van der Waals surface area contributed by atoms with Crippen LogP contribution in [0.4, 0.5) is 0 Å². The van der Waals surface area contributed by atoms with Crippen molar-refractivity contribution in [2.75, 3.05) is 0 Å². The van der Waals surface area contributed by atoms with E-state index in [1.54, 1.807) is 6.20 Å². The second kappa shape index (κ2) is 1.47. The molecule has 0 spiro atoms. The number of hydrogen-bond acceptors (Lipinski definition) is 3. The molecule has 2 rings (SSSR count). The minimum Gasteiger partial charge on any atom is -0.492 e. The molecule has 50 valence electrons. The van der Waals surface area contributed by atoms with Crippen molar-refractivity contribution in [1.29, 1.82) is 0 Å². The summed E-state index contributed by atoms with van der Waals surface area (Å²) < 4.78 is 1.48. The minimum atomic E-state index is -0.0116. The summed E-state index contributed by atoms with van der Waals surface area (Å²) in [5.41, 5.74) is 0.583. The van der Waals surface area contributed by atoms with E-state index in [0.29, 0.717) is 10.7 Å². The lowest BCUT2D eigenvalue weighted by Gasteiger charge is -1.77. The number of aromatic nitrogens is 3. The summed E-state index contributed by atoms with van der Waals surface area (Å²) in [4.78, 5) is 3.63. The van der Waals surface area contributed by atoms with Crippen molar-refractivity contribution in [2.45, 2.75) is 0 Å². The number of hydrogen-bond donors (Lipinski definition) is 1. The van der Waals surface area contributed by atoms with Crippen molar-refractivity contribution in [3.05, 3.63) is 17.7 Å². The van der Waals surface area contributed by atoms with Crippen molar-refractivity contribution in [2.24, 2.45) is 0 Å². The lowest BCUT2D eigenvalue weighted by Crippen LogP contribution is -1.90. The van der Waals surface area contributed by atoms with E-state index in [1.807, 2.05) is 0 Å². The molecule has 2 aromatic heterocycles. The first-order valence-corrected chi connectivity index (χ1v) is 2.79. The van der Waals surface area contributed by atoms with Gasteiger partial charge in [0.05, 0.1) is 6.20 Å². The van der Waals surface area contributed by atoms with Crippen LogP contribution in [0, 0.1) is 0 Å². The maximum Gasteiger partial charge on any atom is 0.239 e. The molecule has 0 amide bonds. The van der Waals surface area contributed by atoms with Crippen molar-refractivity contribution in [3.8, 4) is 5.88 Å². The number of nitrogens with zero attached hydrogens (tertiary/aromatic N) is 3. The van der Waals surface area contributed by atoms with Crippen LogP contribution in [0.15, 0.2) is 12.5 Å². The Hall–Kier alpha value is -1.58. The zero-order valence-electron chi connectivity index (χ0n) is 5.15. The maximum absolute atomic E-state index is 9.07. The topological polar surface area (TPSA) is 50.4 Å². The van der Waals surface area contributed by atoms with E-state index in [1.165, 1.54) is 10.8 Å². The first-order chi connectivity index (χ1) is 4.79. The molecule has 1 N–H and O–H groups in total. The van der Waals surface area contributed by atoms with Gasteiger partial charge in [0, 0.05) is 5.22 Å². The highest BCUT2D eigenvalue weighted by molar-refractivity contribution is 5.56. The summed E-state index contributed by atoms with van der Waals surface area (Å²) >= 11 is 0. The Kier molecular flexibility index (Phi) is 0.768. The minimum absolute atomic E-state index is 0.0116. The molecule has 0 fully saturated rings. The summed E-state index contributed by atoms with van der Waals surface area (Å²) in [5.74, 6) is -0.0116. The van der Waals surface area contributed by atoms with Crippen molar-refractivity contribution in [3.63, 3.8) is 0 Å². The largest absolute Gasteiger partial charge is 0.492 e. The van der Waals surface area contributed by atoms with Crippen LogP contribution >= 0.6 is 0 Å². The molecule has 0 unspecified atom stereocenters. The molecule has 0 aliphatic rings. The molecule has 0 aromatic carbocycles. The Balaban J connectivity index is 3.12. The van der Waals surface area contributed by atoms with Crippen LogP contribution in [-0.4, -0.2) is 19.7 Å². The monoisotopic (exact) mass is 135 g/mol. The van der Waals surface area contributed by atoms with E-state index in [4.69, 9.17) is 5.11 Å². The molecule has 4 nitrogen and oxygen atoms in total. The van der Waals surface area contributed by atoms with E-state index in [9.17, 15) is 0 Å².